The van der Waals surface area contributed by atoms with E-state index in [1.54, 1.807) is 10.9 Å². The molecule has 6 nitrogen and oxygen atoms in total. The number of hydrogen-bond donors (Lipinski definition) is 2. The summed E-state index contributed by atoms with van der Waals surface area (Å²) in [5, 5.41) is 18.5. The Morgan fingerprint density at radius 3 is 2.82 bits per heavy atom. The molecule has 0 aliphatic heterocycles. The Morgan fingerprint density at radius 1 is 1.35 bits per heavy atom. The second-order valence-electron chi connectivity index (χ2n) is 3.55. The van der Waals surface area contributed by atoms with Crippen LogP contribution in [-0.2, 0) is 13.1 Å². The summed E-state index contributed by atoms with van der Waals surface area (Å²) in [6.45, 7) is 0.797. The Balaban J connectivity index is 1.97. The van der Waals surface area contributed by atoms with Gasteiger partial charge >= 0.3 is 6.09 Å². The minimum Gasteiger partial charge on any atom is -0.465 e. The van der Waals surface area contributed by atoms with Gasteiger partial charge in [-0.05, 0) is 5.56 Å². The van der Waals surface area contributed by atoms with Crippen molar-refractivity contribution in [2.24, 2.45) is 0 Å². The first kappa shape index (κ1) is 11.1. The number of carboxylic acid groups (broad SMARTS) is 1. The van der Waals surface area contributed by atoms with Crippen molar-refractivity contribution in [3.63, 3.8) is 0 Å². The molecule has 0 bridgehead atoms. The van der Waals surface area contributed by atoms with Crippen LogP contribution in [0.5, 0.6) is 0 Å². The molecule has 0 spiro atoms. The molecule has 2 N–H and O–H groups in total. The maximum Gasteiger partial charge on any atom is 0.404 e. The van der Waals surface area contributed by atoms with Crippen LogP contribution in [0.1, 0.15) is 11.3 Å². The first-order valence-corrected chi connectivity index (χ1v) is 5.14. The highest BCUT2D eigenvalue weighted by Gasteiger charge is 2.02. The Morgan fingerprint density at radius 2 is 2.12 bits per heavy atom. The van der Waals surface area contributed by atoms with Crippen LogP contribution >= 0.6 is 0 Å². The highest BCUT2D eigenvalue weighted by molar-refractivity contribution is 5.64. The van der Waals surface area contributed by atoms with Gasteiger partial charge in [0.15, 0.2) is 0 Å². The highest BCUT2D eigenvalue weighted by Crippen LogP contribution is 2.01. The SMILES string of the molecule is O=C(O)NCc1cn(Cc2ccccc2)nn1. The second-order valence-corrected chi connectivity index (χ2v) is 3.55. The Bertz CT molecular complexity index is 495. The van der Waals surface area contributed by atoms with Crippen LogP contribution in [0.2, 0.25) is 0 Å². The average Bonchev–Trinajstić information content (AvgIpc) is 2.75. The third-order valence-electron chi connectivity index (χ3n) is 2.19. The van der Waals surface area contributed by atoms with Crippen molar-refractivity contribution in [3.05, 3.63) is 47.8 Å². The van der Waals surface area contributed by atoms with Gasteiger partial charge in [-0.2, -0.15) is 0 Å². The first-order chi connectivity index (χ1) is 8.24. The smallest absolute Gasteiger partial charge is 0.404 e. The van der Waals surface area contributed by atoms with Crippen LogP contribution in [0.25, 0.3) is 0 Å². The molecule has 1 heterocycles. The summed E-state index contributed by atoms with van der Waals surface area (Å²) in [5.41, 5.74) is 1.72. The van der Waals surface area contributed by atoms with Gasteiger partial charge in [-0.25, -0.2) is 9.48 Å². The van der Waals surface area contributed by atoms with Gasteiger partial charge in [-0.15, -0.1) is 5.10 Å². The molecule has 0 aliphatic carbocycles. The van der Waals surface area contributed by atoms with Crippen LogP contribution in [0.15, 0.2) is 36.5 Å². The van der Waals surface area contributed by atoms with Crippen LogP contribution in [0.3, 0.4) is 0 Å². The van der Waals surface area contributed by atoms with E-state index in [-0.39, 0.29) is 6.54 Å². The molecule has 6 heteroatoms. The van der Waals surface area contributed by atoms with E-state index in [1.807, 2.05) is 30.3 Å². The number of amides is 1. The normalized spacial score (nSPS) is 10.1. The molecular formula is C11H12N4O2. The standard InChI is InChI=1S/C11H12N4O2/c16-11(17)12-6-10-8-15(14-13-10)7-9-4-2-1-3-5-9/h1-5,8,12H,6-7H2,(H,16,17). The van der Waals surface area contributed by atoms with Gasteiger partial charge in [-0.3, -0.25) is 0 Å². The molecule has 1 aromatic carbocycles. The quantitative estimate of drug-likeness (QED) is 0.827. The van der Waals surface area contributed by atoms with Crippen molar-refractivity contribution in [2.75, 3.05) is 0 Å². The zero-order valence-electron chi connectivity index (χ0n) is 9.08. The lowest BCUT2D eigenvalue weighted by molar-refractivity contribution is 0.194. The summed E-state index contributed by atoms with van der Waals surface area (Å²) in [6, 6.07) is 9.86. The van der Waals surface area contributed by atoms with Crippen molar-refractivity contribution < 1.29 is 9.90 Å². The van der Waals surface area contributed by atoms with Crippen molar-refractivity contribution in [1.82, 2.24) is 20.3 Å². The van der Waals surface area contributed by atoms with Crippen molar-refractivity contribution in [1.29, 1.82) is 0 Å². The van der Waals surface area contributed by atoms with E-state index >= 15 is 0 Å². The van der Waals surface area contributed by atoms with Crippen LogP contribution in [-0.4, -0.2) is 26.2 Å². The molecule has 0 radical (unpaired) electrons. The van der Waals surface area contributed by atoms with E-state index in [0.29, 0.717) is 12.2 Å². The van der Waals surface area contributed by atoms with E-state index in [9.17, 15) is 4.79 Å². The monoisotopic (exact) mass is 232 g/mol. The number of carbonyl (C=O) groups is 1. The highest BCUT2D eigenvalue weighted by atomic mass is 16.4. The third kappa shape index (κ3) is 3.30. The molecule has 17 heavy (non-hydrogen) atoms. The summed E-state index contributed by atoms with van der Waals surface area (Å²) in [7, 11) is 0. The van der Waals surface area contributed by atoms with Gasteiger partial charge in [0.2, 0.25) is 0 Å². The molecule has 0 fully saturated rings. The Labute approximate surface area is 97.9 Å². The summed E-state index contributed by atoms with van der Waals surface area (Å²) in [4.78, 5) is 10.3. The number of hydrogen-bond acceptors (Lipinski definition) is 3. The third-order valence-corrected chi connectivity index (χ3v) is 2.19. The van der Waals surface area contributed by atoms with Gasteiger partial charge in [0.25, 0.3) is 0 Å². The van der Waals surface area contributed by atoms with Gasteiger partial charge in [0.05, 0.1) is 19.3 Å². The minimum absolute atomic E-state index is 0.171. The fourth-order valence-electron chi connectivity index (χ4n) is 1.43. The van der Waals surface area contributed by atoms with Crippen molar-refractivity contribution in [3.8, 4) is 0 Å². The number of nitrogens with one attached hydrogen (secondary N) is 1. The van der Waals surface area contributed by atoms with E-state index in [2.05, 4.69) is 15.6 Å². The zero-order chi connectivity index (χ0) is 12.1. The fraction of sp³-hybridized carbons (Fsp3) is 0.182. The van der Waals surface area contributed by atoms with Gasteiger partial charge in [0, 0.05) is 0 Å². The summed E-state index contributed by atoms with van der Waals surface area (Å²) in [5.74, 6) is 0. The fourth-order valence-corrected chi connectivity index (χ4v) is 1.43. The molecule has 0 unspecified atom stereocenters. The molecule has 88 valence electrons. The van der Waals surface area contributed by atoms with Crippen LogP contribution < -0.4 is 5.32 Å². The topological polar surface area (TPSA) is 80.0 Å². The number of nitrogens with zero attached hydrogens (tertiary/aromatic N) is 3. The number of rotatable bonds is 4. The van der Waals surface area contributed by atoms with Crippen LogP contribution in [0, 0.1) is 0 Å². The van der Waals surface area contributed by atoms with Crippen molar-refractivity contribution in [2.45, 2.75) is 13.1 Å². The number of benzene rings is 1. The van der Waals surface area contributed by atoms with Gasteiger partial charge in [-0.1, -0.05) is 35.5 Å². The lowest BCUT2D eigenvalue weighted by atomic mass is 10.2. The second kappa shape index (κ2) is 5.11. The Kier molecular flexibility index (Phi) is 3.34. The maximum absolute atomic E-state index is 10.3. The first-order valence-electron chi connectivity index (χ1n) is 5.14. The summed E-state index contributed by atoms with van der Waals surface area (Å²) < 4.78 is 1.67. The molecule has 0 aliphatic rings. The van der Waals surface area contributed by atoms with Gasteiger partial charge in [0.1, 0.15) is 5.69 Å². The molecule has 1 amide bonds. The zero-order valence-corrected chi connectivity index (χ0v) is 9.08. The molecular weight excluding hydrogens is 220 g/mol. The molecule has 0 saturated carbocycles. The minimum atomic E-state index is -1.07. The summed E-state index contributed by atoms with van der Waals surface area (Å²) >= 11 is 0. The molecule has 1 aromatic heterocycles. The van der Waals surface area contributed by atoms with E-state index < -0.39 is 6.09 Å². The lowest BCUT2D eigenvalue weighted by Gasteiger charge is -1.99. The molecule has 2 aromatic rings. The number of aromatic nitrogens is 3. The largest absolute Gasteiger partial charge is 0.465 e. The van der Waals surface area contributed by atoms with Gasteiger partial charge < -0.3 is 10.4 Å². The molecule has 0 saturated heterocycles. The maximum atomic E-state index is 10.3. The molecule has 0 atom stereocenters. The molecule has 2 rings (SSSR count). The lowest BCUT2D eigenvalue weighted by Crippen LogP contribution is -2.20. The average molecular weight is 232 g/mol. The van der Waals surface area contributed by atoms with E-state index in [1.165, 1.54) is 0 Å². The predicted molar refractivity (Wildman–Crippen MR) is 60.4 cm³/mol. The van der Waals surface area contributed by atoms with E-state index in [4.69, 9.17) is 5.11 Å². The van der Waals surface area contributed by atoms with E-state index in [0.717, 1.165) is 5.56 Å². The predicted octanol–water partition coefficient (Wildman–Crippen LogP) is 1.09. The van der Waals surface area contributed by atoms with Crippen LogP contribution in [0.4, 0.5) is 4.79 Å². The Hall–Kier alpha value is -2.37. The van der Waals surface area contributed by atoms with Crippen molar-refractivity contribution >= 4 is 6.09 Å². The summed E-state index contributed by atoms with van der Waals surface area (Å²) in [6.07, 6.45) is 0.658.